The highest BCUT2D eigenvalue weighted by Crippen LogP contribution is 2.49. The molecule has 0 unspecified atom stereocenters. The topological polar surface area (TPSA) is 38.3 Å². The molecule has 1 amide bonds. The molecule has 98 valence electrons. The first-order valence-corrected chi connectivity index (χ1v) is 6.05. The van der Waals surface area contributed by atoms with Crippen LogP contribution < -0.4 is 5.32 Å². The van der Waals surface area contributed by atoms with E-state index in [0.717, 1.165) is 0 Å². The molecule has 0 aliphatic heterocycles. The summed E-state index contributed by atoms with van der Waals surface area (Å²) in [6.45, 7) is 5.33. The Morgan fingerprint density at radius 1 is 1.39 bits per heavy atom. The highest BCUT2D eigenvalue weighted by Gasteiger charge is 2.58. The average Bonchev–Trinajstić information content (AvgIpc) is 2.89. The molecule has 0 aromatic heterocycles. The number of alkyl carbamates (subject to hydrolysis) is 1. The van der Waals surface area contributed by atoms with E-state index in [9.17, 15) is 9.18 Å². The molecule has 0 radical (unpaired) electrons. The molecular weight excluding hydrogens is 233 g/mol. The summed E-state index contributed by atoms with van der Waals surface area (Å²) in [5, 5.41) is 2.56. The van der Waals surface area contributed by atoms with E-state index in [-0.39, 0.29) is 0 Å². The summed E-state index contributed by atoms with van der Waals surface area (Å²) >= 11 is 0. The Kier molecular flexibility index (Phi) is 3.05. The minimum atomic E-state index is -1.45. The zero-order valence-corrected chi connectivity index (χ0v) is 10.9. The fourth-order valence-corrected chi connectivity index (χ4v) is 1.89. The third kappa shape index (κ3) is 2.81. The summed E-state index contributed by atoms with van der Waals surface area (Å²) in [6.07, 6.45) is -0.265. The predicted octanol–water partition coefficient (Wildman–Crippen LogP) is 3.15. The Bertz CT molecular complexity index is 441. The van der Waals surface area contributed by atoms with Crippen molar-refractivity contribution in [1.82, 2.24) is 5.32 Å². The Balaban J connectivity index is 1.94. The van der Waals surface area contributed by atoms with Crippen molar-refractivity contribution in [2.24, 2.45) is 0 Å². The highest BCUT2D eigenvalue weighted by molar-refractivity contribution is 5.69. The second kappa shape index (κ2) is 4.26. The normalized spacial score (nSPS) is 26.6. The van der Waals surface area contributed by atoms with Crippen LogP contribution in [-0.2, 0) is 10.4 Å². The Labute approximate surface area is 106 Å². The molecule has 3 nitrogen and oxygen atoms in total. The van der Waals surface area contributed by atoms with Crippen molar-refractivity contribution in [3.8, 4) is 0 Å². The lowest BCUT2D eigenvalue weighted by Gasteiger charge is -2.20. The van der Waals surface area contributed by atoms with Crippen LogP contribution >= 0.6 is 0 Å². The molecule has 2 rings (SSSR count). The molecule has 1 N–H and O–H groups in total. The van der Waals surface area contributed by atoms with Gasteiger partial charge in [-0.05, 0) is 26.3 Å². The van der Waals surface area contributed by atoms with Gasteiger partial charge in [-0.2, -0.15) is 0 Å². The number of amides is 1. The molecule has 1 aliphatic rings. The fraction of sp³-hybridized carbons (Fsp3) is 0.500. The largest absolute Gasteiger partial charge is 0.444 e. The molecule has 4 heteroatoms. The third-order valence-electron chi connectivity index (χ3n) is 2.84. The van der Waals surface area contributed by atoms with E-state index in [4.69, 9.17) is 4.74 Å². The molecule has 0 spiro atoms. The minimum absolute atomic E-state index is 0.302. The van der Waals surface area contributed by atoms with Crippen LogP contribution in [0.15, 0.2) is 30.3 Å². The second-order valence-corrected chi connectivity index (χ2v) is 5.63. The van der Waals surface area contributed by atoms with Crippen LogP contribution in [0, 0.1) is 0 Å². The number of hydrogen-bond donors (Lipinski definition) is 1. The maximum atomic E-state index is 14.4. The molecule has 0 heterocycles. The van der Waals surface area contributed by atoms with E-state index >= 15 is 0 Å². The van der Waals surface area contributed by atoms with Gasteiger partial charge in [0.25, 0.3) is 0 Å². The summed E-state index contributed by atoms with van der Waals surface area (Å²) in [5.74, 6) is 0. The van der Waals surface area contributed by atoms with Gasteiger partial charge >= 0.3 is 6.09 Å². The van der Waals surface area contributed by atoms with Gasteiger partial charge < -0.3 is 10.1 Å². The van der Waals surface area contributed by atoms with E-state index in [1.54, 1.807) is 45.0 Å². The number of halogens is 1. The summed E-state index contributed by atoms with van der Waals surface area (Å²) in [4.78, 5) is 11.5. The first kappa shape index (κ1) is 12.9. The van der Waals surface area contributed by atoms with Gasteiger partial charge in [-0.1, -0.05) is 30.3 Å². The molecule has 1 aromatic carbocycles. The van der Waals surface area contributed by atoms with Gasteiger partial charge in [-0.25, -0.2) is 9.18 Å². The lowest BCUT2D eigenvalue weighted by atomic mass is 10.1. The smallest absolute Gasteiger partial charge is 0.407 e. The fourth-order valence-electron chi connectivity index (χ4n) is 1.89. The molecule has 1 saturated carbocycles. The van der Waals surface area contributed by atoms with Gasteiger partial charge in [0.05, 0.1) is 6.04 Å². The second-order valence-electron chi connectivity index (χ2n) is 5.63. The average molecular weight is 251 g/mol. The van der Waals surface area contributed by atoms with Gasteiger partial charge in [-0.15, -0.1) is 0 Å². The van der Waals surface area contributed by atoms with Crippen molar-refractivity contribution in [2.45, 2.75) is 44.5 Å². The van der Waals surface area contributed by atoms with Gasteiger partial charge in [0, 0.05) is 6.42 Å². The molecular formula is C14H18FNO2. The van der Waals surface area contributed by atoms with Crippen LogP contribution in [0.4, 0.5) is 9.18 Å². The monoisotopic (exact) mass is 251 g/mol. The summed E-state index contributed by atoms with van der Waals surface area (Å²) in [5.41, 5.74) is -1.41. The van der Waals surface area contributed by atoms with Crippen LogP contribution in [0.2, 0.25) is 0 Å². The number of carbonyl (C=O) groups excluding carboxylic acids is 1. The third-order valence-corrected chi connectivity index (χ3v) is 2.84. The van der Waals surface area contributed by atoms with Crippen LogP contribution in [-0.4, -0.2) is 17.7 Å². The van der Waals surface area contributed by atoms with E-state index in [0.29, 0.717) is 12.0 Å². The van der Waals surface area contributed by atoms with E-state index < -0.39 is 23.4 Å². The van der Waals surface area contributed by atoms with Crippen LogP contribution in [0.5, 0.6) is 0 Å². The summed E-state index contributed by atoms with van der Waals surface area (Å²) in [6, 6.07) is 8.40. The molecule has 18 heavy (non-hydrogen) atoms. The van der Waals surface area contributed by atoms with Gasteiger partial charge in [-0.3, -0.25) is 0 Å². The van der Waals surface area contributed by atoms with Crippen molar-refractivity contribution in [2.75, 3.05) is 0 Å². The van der Waals surface area contributed by atoms with Crippen molar-refractivity contribution in [1.29, 1.82) is 0 Å². The van der Waals surface area contributed by atoms with E-state index in [1.807, 2.05) is 6.07 Å². The molecule has 1 fully saturated rings. The lowest BCUT2D eigenvalue weighted by molar-refractivity contribution is 0.0511. The minimum Gasteiger partial charge on any atom is -0.444 e. The molecule has 2 atom stereocenters. The summed E-state index contributed by atoms with van der Waals surface area (Å²) in [7, 11) is 0. The van der Waals surface area contributed by atoms with Crippen molar-refractivity contribution >= 4 is 6.09 Å². The van der Waals surface area contributed by atoms with Crippen LogP contribution in [0.25, 0.3) is 0 Å². The van der Waals surface area contributed by atoms with Crippen LogP contribution in [0.1, 0.15) is 32.8 Å². The van der Waals surface area contributed by atoms with Crippen molar-refractivity contribution in [3.63, 3.8) is 0 Å². The number of carbonyl (C=O) groups is 1. The summed E-state index contributed by atoms with van der Waals surface area (Å²) < 4.78 is 19.5. The number of benzene rings is 1. The lowest BCUT2D eigenvalue weighted by Crippen LogP contribution is -2.35. The van der Waals surface area contributed by atoms with Gasteiger partial charge in [0.1, 0.15) is 5.60 Å². The number of rotatable bonds is 2. The van der Waals surface area contributed by atoms with Gasteiger partial charge in [0.2, 0.25) is 0 Å². The number of hydrogen-bond acceptors (Lipinski definition) is 2. The van der Waals surface area contributed by atoms with Crippen molar-refractivity contribution < 1.29 is 13.9 Å². The maximum absolute atomic E-state index is 14.4. The first-order chi connectivity index (χ1) is 8.31. The standard InChI is InChI=1S/C14H18FNO2/c1-13(2,3)18-12(17)16-11-9-14(11,15)10-7-5-4-6-8-10/h4-8,11H,9H2,1-3H3,(H,16,17)/t11-,14+/m1/s1. The Morgan fingerprint density at radius 2 is 2.00 bits per heavy atom. The number of alkyl halides is 1. The maximum Gasteiger partial charge on any atom is 0.407 e. The predicted molar refractivity (Wildman–Crippen MR) is 67.0 cm³/mol. The first-order valence-electron chi connectivity index (χ1n) is 6.05. The van der Waals surface area contributed by atoms with Gasteiger partial charge in [0.15, 0.2) is 5.67 Å². The highest BCUT2D eigenvalue weighted by atomic mass is 19.1. The number of nitrogens with one attached hydrogen (secondary N) is 1. The zero-order chi connectivity index (χ0) is 13.4. The van der Waals surface area contributed by atoms with Crippen LogP contribution in [0.3, 0.4) is 0 Å². The molecule has 0 saturated heterocycles. The number of ether oxygens (including phenoxy) is 1. The van der Waals surface area contributed by atoms with E-state index in [2.05, 4.69) is 5.32 Å². The zero-order valence-electron chi connectivity index (χ0n) is 10.9. The Hall–Kier alpha value is -1.58. The molecule has 1 aliphatic carbocycles. The van der Waals surface area contributed by atoms with E-state index in [1.165, 1.54) is 0 Å². The Morgan fingerprint density at radius 3 is 2.56 bits per heavy atom. The SMILES string of the molecule is CC(C)(C)OC(=O)N[C@@H]1C[C@]1(F)c1ccccc1. The quantitative estimate of drug-likeness (QED) is 0.876. The van der Waals surface area contributed by atoms with Crippen molar-refractivity contribution in [3.05, 3.63) is 35.9 Å². The molecule has 1 aromatic rings. The molecule has 0 bridgehead atoms.